The number of aryl methyl sites for hydroxylation is 1. The molecule has 1 saturated heterocycles. The van der Waals surface area contributed by atoms with Gasteiger partial charge in [0.1, 0.15) is 23.4 Å². The highest BCUT2D eigenvalue weighted by Gasteiger charge is 2.21. The van der Waals surface area contributed by atoms with E-state index in [1.54, 1.807) is 7.11 Å². The van der Waals surface area contributed by atoms with Crippen LogP contribution in [0.25, 0.3) is 21.8 Å². The Kier molecular flexibility index (Phi) is 4.57. The maximum atomic E-state index is 9.58. The Labute approximate surface area is 174 Å². The molecule has 4 aromatic rings. The van der Waals surface area contributed by atoms with Gasteiger partial charge in [-0.05, 0) is 49.7 Å². The van der Waals surface area contributed by atoms with Gasteiger partial charge in [0.2, 0.25) is 0 Å². The van der Waals surface area contributed by atoms with Crippen LogP contribution in [-0.2, 0) is 6.54 Å². The zero-order valence-corrected chi connectivity index (χ0v) is 17.0. The summed E-state index contributed by atoms with van der Waals surface area (Å²) in [5.41, 5.74) is 4.54. The molecule has 0 spiro atoms. The summed E-state index contributed by atoms with van der Waals surface area (Å²) in [6, 6.07) is 10.1. The topological polar surface area (TPSA) is 87.9 Å². The Hall–Kier alpha value is -3.50. The summed E-state index contributed by atoms with van der Waals surface area (Å²) in [6.45, 7) is 4.34. The van der Waals surface area contributed by atoms with E-state index in [2.05, 4.69) is 29.4 Å². The van der Waals surface area contributed by atoms with E-state index in [4.69, 9.17) is 14.6 Å². The van der Waals surface area contributed by atoms with Gasteiger partial charge in [0.05, 0.1) is 19.2 Å². The Bertz CT molecular complexity index is 1270. The van der Waals surface area contributed by atoms with Gasteiger partial charge in [-0.3, -0.25) is 4.68 Å². The molecule has 5 rings (SSSR count). The molecule has 3 heterocycles. The summed E-state index contributed by atoms with van der Waals surface area (Å²) in [5, 5.41) is 19.8. The second-order valence-corrected chi connectivity index (χ2v) is 7.69. The molecule has 0 unspecified atom stereocenters. The van der Waals surface area contributed by atoms with Crippen LogP contribution >= 0.6 is 0 Å². The Morgan fingerprint density at radius 2 is 2.23 bits per heavy atom. The minimum absolute atomic E-state index is 0.0597. The molecule has 1 aliphatic heterocycles. The Morgan fingerprint density at radius 1 is 1.33 bits per heavy atom. The van der Waals surface area contributed by atoms with E-state index in [0.29, 0.717) is 17.9 Å². The highest BCUT2D eigenvalue weighted by atomic mass is 16.5. The quantitative estimate of drug-likeness (QED) is 0.534. The van der Waals surface area contributed by atoms with E-state index in [-0.39, 0.29) is 6.10 Å². The summed E-state index contributed by atoms with van der Waals surface area (Å²) in [7, 11) is 1.69. The standard InChI is InChI=1S/C23H23N5O2/c1-14-9-20(29-2)19(18-6-8-26-21(14)18)13-28-12-16-4-3-15(10-24)23(22(16)27-28)30-17-5-7-25-11-17/h3-4,6,8-9,12,17,25-26H,5,7,11,13H2,1-2H3/t17-/m1/s1. The van der Waals surface area contributed by atoms with Gasteiger partial charge in [0.15, 0.2) is 5.75 Å². The van der Waals surface area contributed by atoms with Gasteiger partial charge in [-0.1, -0.05) is 0 Å². The van der Waals surface area contributed by atoms with Crippen LogP contribution in [0.4, 0.5) is 0 Å². The number of ether oxygens (including phenoxy) is 2. The van der Waals surface area contributed by atoms with E-state index in [1.165, 1.54) is 0 Å². The Balaban J connectivity index is 1.58. The molecule has 0 bridgehead atoms. The van der Waals surface area contributed by atoms with Crippen molar-refractivity contribution >= 4 is 21.8 Å². The average Bonchev–Trinajstić information content (AvgIpc) is 3.50. The molecular formula is C23H23N5O2. The maximum Gasteiger partial charge on any atom is 0.165 e. The molecule has 2 N–H and O–H groups in total. The third kappa shape index (κ3) is 3.06. The molecule has 7 nitrogen and oxygen atoms in total. The van der Waals surface area contributed by atoms with E-state index in [1.807, 2.05) is 35.3 Å². The molecule has 7 heteroatoms. The number of aromatic amines is 1. The first kappa shape index (κ1) is 18.5. The molecule has 0 amide bonds. The maximum absolute atomic E-state index is 9.58. The number of methoxy groups -OCH3 is 1. The lowest BCUT2D eigenvalue weighted by molar-refractivity contribution is 0.225. The summed E-state index contributed by atoms with van der Waals surface area (Å²) in [6.07, 6.45) is 4.92. The number of benzene rings is 2. The van der Waals surface area contributed by atoms with Gasteiger partial charge in [-0.25, -0.2) is 0 Å². The predicted octanol–water partition coefficient (Wildman–Crippen LogP) is 3.50. The minimum atomic E-state index is 0.0597. The first-order chi connectivity index (χ1) is 14.7. The molecular weight excluding hydrogens is 378 g/mol. The van der Waals surface area contributed by atoms with Gasteiger partial charge < -0.3 is 19.8 Å². The fourth-order valence-electron chi connectivity index (χ4n) is 4.24. The number of rotatable bonds is 5. The highest BCUT2D eigenvalue weighted by molar-refractivity contribution is 5.89. The second-order valence-electron chi connectivity index (χ2n) is 7.69. The van der Waals surface area contributed by atoms with Crippen LogP contribution in [-0.4, -0.2) is 41.1 Å². The molecule has 2 aromatic heterocycles. The van der Waals surface area contributed by atoms with Crippen molar-refractivity contribution in [3.8, 4) is 17.6 Å². The van der Waals surface area contributed by atoms with E-state index in [9.17, 15) is 5.26 Å². The summed E-state index contributed by atoms with van der Waals surface area (Å²) in [4.78, 5) is 3.31. The monoisotopic (exact) mass is 401 g/mol. The zero-order valence-electron chi connectivity index (χ0n) is 17.0. The number of hydrogen-bond acceptors (Lipinski definition) is 5. The van der Waals surface area contributed by atoms with Gasteiger partial charge in [-0.15, -0.1) is 0 Å². The van der Waals surface area contributed by atoms with E-state index >= 15 is 0 Å². The SMILES string of the molecule is COc1cc(C)c2[nH]ccc2c1Cn1cc2ccc(C#N)c(O[C@@H]3CCNC3)c2n1. The summed E-state index contributed by atoms with van der Waals surface area (Å²) in [5.74, 6) is 1.41. The highest BCUT2D eigenvalue weighted by Crippen LogP contribution is 2.33. The molecule has 1 atom stereocenters. The fraction of sp³-hybridized carbons (Fsp3) is 0.304. The number of aromatic nitrogens is 3. The summed E-state index contributed by atoms with van der Waals surface area (Å²) >= 11 is 0. The lowest BCUT2D eigenvalue weighted by Crippen LogP contribution is -2.20. The molecule has 2 aromatic carbocycles. The molecule has 0 aliphatic carbocycles. The predicted molar refractivity (Wildman–Crippen MR) is 115 cm³/mol. The molecule has 1 fully saturated rings. The fourth-order valence-corrected chi connectivity index (χ4v) is 4.24. The number of nitriles is 1. The van der Waals surface area contributed by atoms with Crippen molar-refractivity contribution in [1.29, 1.82) is 5.26 Å². The Morgan fingerprint density at radius 3 is 3.00 bits per heavy atom. The van der Waals surface area contributed by atoms with Crippen molar-refractivity contribution in [3.63, 3.8) is 0 Å². The van der Waals surface area contributed by atoms with Gasteiger partial charge in [-0.2, -0.15) is 10.4 Å². The second kappa shape index (κ2) is 7.39. The number of hydrogen-bond donors (Lipinski definition) is 2. The number of nitrogens with one attached hydrogen (secondary N) is 2. The molecule has 0 saturated carbocycles. The third-order valence-electron chi connectivity index (χ3n) is 5.75. The first-order valence-corrected chi connectivity index (χ1v) is 10.1. The van der Waals surface area contributed by atoms with Crippen molar-refractivity contribution in [3.05, 3.63) is 53.3 Å². The lowest BCUT2D eigenvalue weighted by Gasteiger charge is -2.14. The van der Waals surface area contributed by atoms with Crippen molar-refractivity contribution in [2.45, 2.75) is 26.0 Å². The van der Waals surface area contributed by atoms with Crippen LogP contribution in [0.1, 0.15) is 23.1 Å². The van der Waals surface area contributed by atoms with Crippen LogP contribution < -0.4 is 14.8 Å². The van der Waals surface area contributed by atoms with Crippen molar-refractivity contribution < 1.29 is 9.47 Å². The third-order valence-corrected chi connectivity index (χ3v) is 5.75. The van der Waals surface area contributed by atoms with Crippen molar-refractivity contribution in [2.24, 2.45) is 0 Å². The number of nitrogens with zero attached hydrogens (tertiary/aromatic N) is 3. The van der Waals surface area contributed by atoms with E-state index in [0.717, 1.165) is 58.2 Å². The minimum Gasteiger partial charge on any atom is -0.496 e. The summed E-state index contributed by atoms with van der Waals surface area (Å²) < 4.78 is 13.8. The zero-order chi connectivity index (χ0) is 20.7. The van der Waals surface area contributed by atoms with Gasteiger partial charge in [0.25, 0.3) is 0 Å². The molecule has 152 valence electrons. The molecule has 0 radical (unpaired) electrons. The smallest absolute Gasteiger partial charge is 0.165 e. The largest absolute Gasteiger partial charge is 0.496 e. The van der Waals surface area contributed by atoms with Crippen LogP contribution in [0.5, 0.6) is 11.5 Å². The average molecular weight is 401 g/mol. The van der Waals surface area contributed by atoms with Crippen LogP contribution in [0.2, 0.25) is 0 Å². The van der Waals surface area contributed by atoms with Crippen LogP contribution in [0, 0.1) is 18.3 Å². The molecule has 1 aliphatic rings. The van der Waals surface area contributed by atoms with Crippen LogP contribution in [0.15, 0.2) is 36.7 Å². The normalized spacial score (nSPS) is 16.2. The lowest BCUT2D eigenvalue weighted by atomic mass is 10.0. The van der Waals surface area contributed by atoms with Gasteiger partial charge >= 0.3 is 0 Å². The van der Waals surface area contributed by atoms with Crippen molar-refractivity contribution in [2.75, 3.05) is 20.2 Å². The first-order valence-electron chi connectivity index (χ1n) is 10.1. The number of fused-ring (bicyclic) bond motifs is 2. The molecule has 30 heavy (non-hydrogen) atoms. The van der Waals surface area contributed by atoms with E-state index < -0.39 is 0 Å². The number of H-pyrrole nitrogens is 1. The van der Waals surface area contributed by atoms with Crippen molar-refractivity contribution in [1.82, 2.24) is 20.1 Å². The van der Waals surface area contributed by atoms with Crippen LogP contribution in [0.3, 0.4) is 0 Å². The van der Waals surface area contributed by atoms with Gasteiger partial charge in [0, 0.05) is 40.8 Å².